The molecule has 1 aromatic carbocycles. The highest BCUT2D eigenvalue weighted by Gasteiger charge is 2.20. The summed E-state index contributed by atoms with van der Waals surface area (Å²) in [5.74, 6) is 0.885. The molecule has 0 saturated heterocycles. The molecule has 112 valence electrons. The van der Waals surface area contributed by atoms with Crippen LogP contribution in [0.2, 0.25) is 5.02 Å². The Labute approximate surface area is 128 Å². The summed E-state index contributed by atoms with van der Waals surface area (Å²) in [6.07, 6.45) is 4.18. The third-order valence-corrected chi connectivity index (χ3v) is 4.54. The lowest BCUT2D eigenvalue weighted by atomic mass is 9.85. The van der Waals surface area contributed by atoms with Gasteiger partial charge in [0, 0.05) is 36.4 Å². The first-order valence-electron chi connectivity index (χ1n) is 7.87. The molecule has 0 aliphatic heterocycles. The van der Waals surface area contributed by atoms with E-state index in [1.807, 2.05) is 0 Å². The van der Waals surface area contributed by atoms with E-state index >= 15 is 0 Å². The molecule has 1 aliphatic carbocycles. The standard InChI is InChI=1S/C17H27ClN2/c1-4-20(12-14-6-5-7-14)16-9-8-15(17(18)10-16)11-19-13(2)3/h8-10,13-14,19H,4-7,11-12H2,1-3H3. The molecule has 0 amide bonds. The van der Waals surface area contributed by atoms with Gasteiger partial charge in [-0.15, -0.1) is 0 Å². The Bertz CT molecular complexity index is 427. The first kappa shape index (κ1) is 15.7. The highest BCUT2D eigenvalue weighted by Crippen LogP contribution is 2.30. The third kappa shape index (κ3) is 4.13. The number of nitrogens with zero attached hydrogens (tertiary/aromatic N) is 1. The van der Waals surface area contributed by atoms with Gasteiger partial charge >= 0.3 is 0 Å². The number of rotatable bonds is 7. The molecule has 1 saturated carbocycles. The Morgan fingerprint density at radius 2 is 2.10 bits per heavy atom. The van der Waals surface area contributed by atoms with Gasteiger partial charge in [-0.05, 0) is 43.4 Å². The molecule has 0 radical (unpaired) electrons. The molecule has 0 aromatic heterocycles. The first-order chi connectivity index (χ1) is 9.60. The van der Waals surface area contributed by atoms with Crippen LogP contribution in [0.3, 0.4) is 0 Å². The monoisotopic (exact) mass is 294 g/mol. The zero-order valence-corrected chi connectivity index (χ0v) is 13.7. The van der Waals surface area contributed by atoms with Crippen LogP contribution in [-0.4, -0.2) is 19.1 Å². The SMILES string of the molecule is CCN(CC1CCC1)c1ccc(CNC(C)C)c(Cl)c1. The van der Waals surface area contributed by atoms with Gasteiger partial charge in [-0.2, -0.15) is 0 Å². The van der Waals surface area contributed by atoms with Crippen molar-refractivity contribution in [2.24, 2.45) is 5.92 Å². The smallest absolute Gasteiger partial charge is 0.0471 e. The molecule has 0 atom stereocenters. The summed E-state index contributed by atoms with van der Waals surface area (Å²) in [5, 5.41) is 4.30. The van der Waals surface area contributed by atoms with E-state index in [9.17, 15) is 0 Å². The number of benzene rings is 1. The second-order valence-corrected chi connectivity index (χ2v) is 6.55. The van der Waals surface area contributed by atoms with Crippen LogP contribution in [0.1, 0.15) is 45.6 Å². The van der Waals surface area contributed by atoms with Crippen LogP contribution in [0.25, 0.3) is 0 Å². The number of halogens is 1. The van der Waals surface area contributed by atoms with Crippen LogP contribution in [-0.2, 0) is 6.54 Å². The number of hydrogen-bond donors (Lipinski definition) is 1. The summed E-state index contributed by atoms with van der Waals surface area (Å²) in [5.41, 5.74) is 2.45. The third-order valence-electron chi connectivity index (χ3n) is 4.19. The minimum atomic E-state index is 0.483. The molecule has 3 heteroatoms. The minimum Gasteiger partial charge on any atom is -0.371 e. The molecule has 0 unspecified atom stereocenters. The van der Waals surface area contributed by atoms with Crippen molar-refractivity contribution in [3.63, 3.8) is 0 Å². The average Bonchev–Trinajstić information content (AvgIpc) is 2.36. The van der Waals surface area contributed by atoms with Crippen LogP contribution >= 0.6 is 11.6 Å². The van der Waals surface area contributed by atoms with Crippen molar-refractivity contribution in [2.75, 3.05) is 18.0 Å². The Morgan fingerprint density at radius 3 is 2.60 bits per heavy atom. The zero-order chi connectivity index (χ0) is 14.5. The fraction of sp³-hybridized carbons (Fsp3) is 0.647. The van der Waals surface area contributed by atoms with E-state index in [-0.39, 0.29) is 0 Å². The van der Waals surface area contributed by atoms with Gasteiger partial charge in [0.05, 0.1) is 0 Å². The van der Waals surface area contributed by atoms with Crippen molar-refractivity contribution in [3.8, 4) is 0 Å². The zero-order valence-electron chi connectivity index (χ0n) is 13.0. The van der Waals surface area contributed by atoms with Crippen molar-refractivity contribution >= 4 is 17.3 Å². The lowest BCUT2D eigenvalue weighted by Gasteiger charge is -2.33. The number of anilines is 1. The second kappa shape index (κ2) is 7.33. The molecular weight excluding hydrogens is 268 g/mol. The van der Waals surface area contributed by atoms with E-state index in [2.05, 4.69) is 49.2 Å². The molecule has 1 fully saturated rings. The highest BCUT2D eigenvalue weighted by molar-refractivity contribution is 6.31. The lowest BCUT2D eigenvalue weighted by Crippen LogP contribution is -2.32. The van der Waals surface area contributed by atoms with E-state index in [4.69, 9.17) is 11.6 Å². The van der Waals surface area contributed by atoms with Gasteiger partial charge in [0.25, 0.3) is 0 Å². The van der Waals surface area contributed by atoms with Crippen LogP contribution in [0, 0.1) is 5.92 Å². The van der Waals surface area contributed by atoms with Gasteiger partial charge in [0.15, 0.2) is 0 Å². The van der Waals surface area contributed by atoms with E-state index in [0.29, 0.717) is 6.04 Å². The van der Waals surface area contributed by atoms with Gasteiger partial charge in [-0.1, -0.05) is 37.9 Å². The van der Waals surface area contributed by atoms with Gasteiger partial charge < -0.3 is 10.2 Å². The largest absolute Gasteiger partial charge is 0.371 e. The van der Waals surface area contributed by atoms with E-state index in [1.54, 1.807) is 0 Å². The van der Waals surface area contributed by atoms with Crippen LogP contribution < -0.4 is 10.2 Å². The maximum absolute atomic E-state index is 6.43. The second-order valence-electron chi connectivity index (χ2n) is 6.15. The van der Waals surface area contributed by atoms with Gasteiger partial charge in [0.1, 0.15) is 0 Å². The molecule has 2 nitrogen and oxygen atoms in total. The predicted molar refractivity (Wildman–Crippen MR) is 88.7 cm³/mol. The van der Waals surface area contributed by atoms with Crippen LogP contribution in [0.4, 0.5) is 5.69 Å². The van der Waals surface area contributed by atoms with Crippen LogP contribution in [0.15, 0.2) is 18.2 Å². The van der Waals surface area contributed by atoms with Gasteiger partial charge in [0.2, 0.25) is 0 Å². The molecule has 0 spiro atoms. The Kier molecular flexibility index (Phi) is 5.74. The van der Waals surface area contributed by atoms with E-state index in [1.165, 1.54) is 37.1 Å². The Balaban J connectivity index is 2.01. The number of hydrogen-bond acceptors (Lipinski definition) is 2. The highest BCUT2D eigenvalue weighted by atomic mass is 35.5. The summed E-state index contributed by atoms with van der Waals surface area (Å²) in [7, 11) is 0. The number of nitrogens with one attached hydrogen (secondary N) is 1. The van der Waals surface area contributed by atoms with Crippen molar-refractivity contribution in [3.05, 3.63) is 28.8 Å². The summed E-state index contributed by atoms with van der Waals surface area (Å²) in [6.45, 7) is 9.60. The first-order valence-corrected chi connectivity index (χ1v) is 8.24. The summed E-state index contributed by atoms with van der Waals surface area (Å²) in [6, 6.07) is 6.99. The van der Waals surface area contributed by atoms with Crippen molar-refractivity contribution in [2.45, 2.75) is 52.6 Å². The Hall–Kier alpha value is -0.730. The fourth-order valence-electron chi connectivity index (χ4n) is 2.59. The van der Waals surface area contributed by atoms with Crippen molar-refractivity contribution in [1.82, 2.24) is 5.32 Å². The molecular formula is C17H27ClN2. The molecule has 2 rings (SSSR count). The maximum Gasteiger partial charge on any atom is 0.0471 e. The summed E-state index contributed by atoms with van der Waals surface area (Å²) < 4.78 is 0. The summed E-state index contributed by atoms with van der Waals surface area (Å²) >= 11 is 6.43. The van der Waals surface area contributed by atoms with Gasteiger partial charge in [-0.3, -0.25) is 0 Å². The van der Waals surface area contributed by atoms with Crippen molar-refractivity contribution < 1.29 is 0 Å². The minimum absolute atomic E-state index is 0.483. The van der Waals surface area contributed by atoms with Crippen LogP contribution in [0.5, 0.6) is 0 Å². The normalized spacial score (nSPS) is 15.4. The Morgan fingerprint density at radius 1 is 1.35 bits per heavy atom. The average molecular weight is 295 g/mol. The van der Waals surface area contributed by atoms with E-state index in [0.717, 1.165) is 24.0 Å². The molecule has 0 bridgehead atoms. The molecule has 1 aliphatic rings. The predicted octanol–water partition coefficient (Wildman–Crippen LogP) is 4.46. The molecule has 20 heavy (non-hydrogen) atoms. The van der Waals surface area contributed by atoms with Crippen molar-refractivity contribution in [1.29, 1.82) is 0 Å². The van der Waals surface area contributed by atoms with Gasteiger partial charge in [-0.25, -0.2) is 0 Å². The van der Waals surface area contributed by atoms with E-state index < -0.39 is 0 Å². The molecule has 0 heterocycles. The molecule has 1 N–H and O–H groups in total. The topological polar surface area (TPSA) is 15.3 Å². The summed E-state index contributed by atoms with van der Waals surface area (Å²) in [4.78, 5) is 2.45. The quantitative estimate of drug-likeness (QED) is 0.798. The lowest BCUT2D eigenvalue weighted by molar-refractivity contribution is 0.318. The fourth-order valence-corrected chi connectivity index (χ4v) is 2.84. The molecule has 1 aromatic rings. The maximum atomic E-state index is 6.43.